The van der Waals surface area contributed by atoms with Crippen molar-refractivity contribution in [3.05, 3.63) is 41.5 Å². The Bertz CT molecular complexity index is 595. The monoisotopic (exact) mass is 316 g/mol. The van der Waals surface area contributed by atoms with Gasteiger partial charge in [-0.15, -0.1) is 0 Å². The minimum atomic E-state index is -0.679. The molecule has 0 aromatic heterocycles. The van der Waals surface area contributed by atoms with Crippen LogP contribution in [-0.2, 0) is 11.8 Å². The summed E-state index contributed by atoms with van der Waals surface area (Å²) in [6.45, 7) is 4.18. The highest BCUT2D eigenvalue weighted by molar-refractivity contribution is 5.43. The third kappa shape index (κ3) is 2.60. The number of aromatic hydroxyl groups is 1. The lowest BCUT2D eigenvalue weighted by Gasteiger charge is -2.55. The van der Waals surface area contributed by atoms with Gasteiger partial charge >= 0.3 is 0 Å². The number of aryl methyl sites for hydroxylation is 1. The maximum absolute atomic E-state index is 10.6. The van der Waals surface area contributed by atoms with Crippen LogP contribution in [0.5, 0.6) is 5.75 Å². The molecule has 0 spiro atoms. The highest BCUT2D eigenvalue weighted by atomic mass is 16.3. The third-order valence-electron chi connectivity index (χ3n) is 6.26. The Balaban J connectivity index is 2.07. The quantitative estimate of drug-likeness (QED) is 0.750. The van der Waals surface area contributed by atoms with Crippen LogP contribution in [0, 0.1) is 11.8 Å². The summed E-state index contributed by atoms with van der Waals surface area (Å²) < 4.78 is 0. The van der Waals surface area contributed by atoms with Crippen LogP contribution in [0.3, 0.4) is 0 Å². The van der Waals surface area contributed by atoms with E-state index < -0.39 is 12.2 Å². The van der Waals surface area contributed by atoms with E-state index in [0.717, 1.165) is 25.7 Å². The van der Waals surface area contributed by atoms with Crippen LogP contribution in [0.15, 0.2) is 30.4 Å². The number of allylic oxidation sites excluding steroid dienone is 2. The molecule has 1 aromatic rings. The van der Waals surface area contributed by atoms with Gasteiger partial charge in [-0.25, -0.2) is 0 Å². The number of benzene rings is 1. The summed E-state index contributed by atoms with van der Waals surface area (Å²) in [4.78, 5) is 0. The van der Waals surface area contributed by atoms with Gasteiger partial charge in [-0.2, -0.15) is 0 Å². The molecule has 126 valence electrons. The molecule has 2 aliphatic rings. The molecule has 1 unspecified atom stereocenters. The van der Waals surface area contributed by atoms with Crippen molar-refractivity contribution in [2.45, 2.75) is 63.6 Å². The molecule has 23 heavy (non-hydrogen) atoms. The van der Waals surface area contributed by atoms with Crippen molar-refractivity contribution in [1.29, 1.82) is 0 Å². The smallest absolute Gasteiger partial charge is 0.115 e. The van der Waals surface area contributed by atoms with Gasteiger partial charge in [0.1, 0.15) is 5.75 Å². The maximum Gasteiger partial charge on any atom is 0.115 e. The Hall–Kier alpha value is -1.32. The van der Waals surface area contributed by atoms with Crippen LogP contribution in [-0.4, -0.2) is 27.5 Å². The number of phenols is 1. The largest absolute Gasteiger partial charge is 0.508 e. The fraction of sp³-hybridized carbons (Fsp3) is 0.600. The number of phenolic OH excluding ortho intramolecular Hbond substituents is 1. The van der Waals surface area contributed by atoms with E-state index in [4.69, 9.17) is 0 Å². The van der Waals surface area contributed by atoms with Crippen molar-refractivity contribution in [1.82, 2.24) is 0 Å². The first-order valence-corrected chi connectivity index (χ1v) is 8.83. The van der Waals surface area contributed by atoms with Crippen LogP contribution in [0.1, 0.15) is 50.7 Å². The second-order valence-corrected chi connectivity index (χ2v) is 7.23. The summed E-state index contributed by atoms with van der Waals surface area (Å²) >= 11 is 0. The van der Waals surface area contributed by atoms with Crippen molar-refractivity contribution in [2.75, 3.05) is 0 Å². The molecule has 0 aliphatic heterocycles. The summed E-state index contributed by atoms with van der Waals surface area (Å²) in [6.07, 6.45) is 7.13. The van der Waals surface area contributed by atoms with Gasteiger partial charge in [0.2, 0.25) is 0 Å². The zero-order valence-electron chi connectivity index (χ0n) is 14.1. The van der Waals surface area contributed by atoms with Gasteiger partial charge < -0.3 is 15.3 Å². The van der Waals surface area contributed by atoms with E-state index in [1.165, 1.54) is 11.1 Å². The van der Waals surface area contributed by atoms with E-state index in [1.54, 1.807) is 6.07 Å². The lowest BCUT2D eigenvalue weighted by atomic mass is 9.51. The zero-order chi connectivity index (χ0) is 16.6. The van der Waals surface area contributed by atoms with E-state index >= 15 is 0 Å². The van der Waals surface area contributed by atoms with Crippen LogP contribution in [0.4, 0.5) is 0 Å². The Morgan fingerprint density at radius 1 is 1.30 bits per heavy atom. The predicted molar refractivity (Wildman–Crippen MR) is 91.4 cm³/mol. The van der Waals surface area contributed by atoms with Gasteiger partial charge in [-0.1, -0.05) is 25.1 Å². The van der Waals surface area contributed by atoms with Crippen LogP contribution in [0.2, 0.25) is 0 Å². The minimum Gasteiger partial charge on any atom is -0.508 e. The van der Waals surface area contributed by atoms with Gasteiger partial charge in [0.25, 0.3) is 0 Å². The van der Waals surface area contributed by atoms with Crippen LogP contribution >= 0.6 is 0 Å². The number of aliphatic hydroxyl groups excluding tert-OH is 2. The highest BCUT2D eigenvalue weighted by Gasteiger charge is 2.53. The normalized spacial score (nSPS) is 36.7. The first kappa shape index (κ1) is 16.5. The summed E-state index contributed by atoms with van der Waals surface area (Å²) in [6, 6.07) is 5.68. The molecule has 1 aromatic carbocycles. The molecule has 3 nitrogen and oxygen atoms in total. The van der Waals surface area contributed by atoms with E-state index in [9.17, 15) is 15.3 Å². The molecule has 3 N–H and O–H groups in total. The number of hydrogen-bond donors (Lipinski definition) is 3. The van der Waals surface area contributed by atoms with Crippen molar-refractivity contribution < 1.29 is 15.3 Å². The number of fused-ring (bicyclic) bond motifs is 3. The molecule has 3 heteroatoms. The molecule has 2 aliphatic carbocycles. The first-order valence-electron chi connectivity index (χ1n) is 8.83. The summed E-state index contributed by atoms with van der Waals surface area (Å²) in [5.74, 6) is 0.784. The Morgan fingerprint density at radius 2 is 2.09 bits per heavy atom. The highest BCUT2D eigenvalue weighted by Crippen LogP contribution is 2.55. The van der Waals surface area contributed by atoms with Crippen LogP contribution < -0.4 is 0 Å². The second kappa shape index (κ2) is 6.29. The molecule has 0 bridgehead atoms. The molecule has 0 amide bonds. The van der Waals surface area contributed by atoms with Crippen molar-refractivity contribution in [3.63, 3.8) is 0 Å². The van der Waals surface area contributed by atoms with Crippen molar-refractivity contribution in [2.24, 2.45) is 11.8 Å². The van der Waals surface area contributed by atoms with E-state index in [2.05, 4.69) is 13.0 Å². The standard InChI is InChI=1S/C20H28O3/c1-3-5-6-15-17-9-7-13-11-14(21)8-10-16(13)20(17,4-2)12-18(22)19(15)23/h3,5,8,10-11,15,17-19,21-23H,4,6-7,9,12H2,1-2H3/t15?,17-,18-,19-,20+/m1/s1. The minimum absolute atomic E-state index is 0.0911. The molecular weight excluding hydrogens is 288 g/mol. The zero-order valence-corrected chi connectivity index (χ0v) is 14.1. The molecule has 1 fully saturated rings. The van der Waals surface area contributed by atoms with E-state index in [-0.39, 0.29) is 11.3 Å². The second-order valence-electron chi connectivity index (χ2n) is 7.23. The fourth-order valence-corrected chi connectivity index (χ4v) is 5.16. The molecule has 3 rings (SSSR count). The topological polar surface area (TPSA) is 60.7 Å². The number of hydrogen-bond acceptors (Lipinski definition) is 3. The van der Waals surface area contributed by atoms with Gasteiger partial charge in [-0.05, 0) is 74.1 Å². The van der Waals surface area contributed by atoms with Crippen LogP contribution in [0.25, 0.3) is 0 Å². The van der Waals surface area contributed by atoms with Crippen molar-refractivity contribution in [3.8, 4) is 5.75 Å². The molecule has 0 heterocycles. The number of aliphatic hydroxyl groups is 2. The van der Waals surface area contributed by atoms with E-state index in [0.29, 0.717) is 18.1 Å². The average Bonchev–Trinajstić information content (AvgIpc) is 2.55. The van der Waals surface area contributed by atoms with Crippen molar-refractivity contribution >= 4 is 0 Å². The summed E-state index contributed by atoms with van der Waals surface area (Å²) in [5.41, 5.74) is 2.38. The SMILES string of the molecule is CC=CCC1[C@@H](O)[C@H](O)C[C@@]2(CC)c3ccc(O)cc3CC[C@H]12. The Morgan fingerprint density at radius 3 is 2.78 bits per heavy atom. The van der Waals surface area contributed by atoms with Gasteiger partial charge in [0.05, 0.1) is 12.2 Å². The van der Waals surface area contributed by atoms with Gasteiger partial charge in [0.15, 0.2) is 0 Å². The van der Waals surface area contributed by atoms with Gasteiger partial charge in [-0.3, -0.25) is 0 Å². The molecular formula is C20H28O3. The summed E-state index contributed by atoms with van der Waals surface area (Å²) in [5, 5.41) is 30.9. The third-order valence-corrected chi connectivity index (χ3v) is 6.26. The average molecular weight is 316 g/mol. The molecule has 5 atom stereocenters. The predicted octanol–water partition coefficient (Wildman–Crippen LogP) is 3.31. The van der Waals surface area contributed by atoms with E-state index in [1.807, 2.05) is 25.1 Å². The summed E-state index contributed by atoms with van der Waals surface area (Å²) in [7, 11) is 0. The first-order chi connectivity index (χ1) is 11.0. The molecule has 1 saturated carbocycles. The van der Waals surface area contributed by atoms with Gasteiger partial charge in [0, 0.05) is 5.41 Å². The lowest BCUT2D eigenvalue weighted by Crippen LogP contribution is -2.56. The molecule has 0 radical (unpaired) electrons. The maximum atomic E-state index is 10.6. The number of rotatable bonds is 3. The Kier molecular flexibility index (Phi) is 4.52. The Labute approximate surface area is 138 Å². The fourth-order valence-electron chi connectivity index (χ4n) is 5.16. The lowest BCUT2D eigenvalue weighted by molar-refractivity contribution is -0.105. The molecule has 0 saturated heterocycles.